The highest BCUT2D eigenvalue weighted by Crippen LogP contribution is 2.36. The van der Waals surface area contributed by atoms with Crippen molar-refractivity contribution in [1.82, 2.24) is 9.78 Å². The summed E-state index contributed by atoms with van der Waals surface area (Å²) in [7, 11) is 0. The zero-order valence-electron chi connectivity index (χ0n) is 26.4. The molecule has 3 aromatic carbocycles. The molecule has 43 heavy (non-hydrogen) atoms. The van der Waals surface area contributed by atoms with Crippen molar-refractivity contribution in [2.75, 3.05) is 6.61 Å². The van der Waals surface area contributed by atoms with E-state index in [1.807, 2.05) is 30.5 Å². The van der Waals surface area contributed by atoms with Gasteiger partial charge in [-0.25, -0.2) is 0 Å². The third-order valence-corrected chi connectivity index (χ3v) is 8.43. The molecule has 0 saturated heterocycles. The van der Waals surface area contributed by atoms with Gasteiger partial charge in [0.2, 0.25) is 5.91 Å². The van der Waals surface area contributed by atoms with Crippen LogP contribution in [0.2, 0.25) is 0 Å². The van der Waals surface area contributed by atoms with Gasteiger partial charge in [-0.2, -0.15) is 5.10 Å². The Bertz CT molecular complexity index is 1490. The highest BCUT2D eigenvalue weighted by atomic mass is 16.5. The third kappa shape index (κ3) is 8.34. The molecule has 4 aromatic rings. The second kappa shape index (κ2) is 14.5. The van der Waals surface area contributed by atoms with E-state index >= 15 is 0 Å². The number of fused-ring (bicyclic) bond motifs is 1. The number of aromatic nitrogens is 2. The van der Waals surface area contributed by atoms with Gasteiger partial charge in [-0.15, -0.1) is 0 Å². The molecule has 1 saturated carbocycles. The number of hydrogen-bond donors (Lipinski definition) is 1. The minimum absolute atomic E-state index is 0.123. The van der Waals surface area contributed by atoms with Gasteiger partial charge >= 0.3 is 5.97 Å². The molecule has 0 spiro atoms. The van der Waals surface area contributed by atoms with Crippen molar-refractivity contribution in [2.24, 2.45) is 11.7 Å². The number of esters is 1. The number of hydrogen-bond acceptors (Lipinski definition) is 4. The molecule has 2 N–H and O–H groups in total. The zero-order chi connectivity index (χ0) is 31.0. The second-order valence-electron chi connectivity index (χ2n) is 12.6. The van der Waals surface area contributed by atoms with Gasteiger partial charge in [0, 0.05) is 17.4 Å². The monoisotopic (exact) mass is 581 g/mol. The predicted molar refractivity (Wildman–Crippen MR) is 175 cm³/mol. The summed E-state index contributed by atoms with van der Waals surface area (Å²) in [5.74, 6) is 0.180. The maximum Gasteiger partial charge on any atom is 0.305 e. The Labute approximate surface area is 256 Å². The lowest BCUT2D eigenvalue weighted by Crippen LogP contribution is -2.18. The normalized spacial score (nSPS) is 14.5. The number of carbonyl (C=O) groups excluding carboxylic acids is 2. The number of rotatable bonds is 8. The van der Waals surface area contributed by atoms with Crippen LogP contribution in [-0.2, 0) is 14.9 Å². The first-order valence-electron chi connectivity index (χ1n) is 15.7. The molecule has 1 heterocycles. The van der Waals surface area contributed by atoms with Crippen molar-refractivity contribution in [3.63, 3.8) is 0 Å². The first-order chi connectivity index (χ1) is 20.6. The first-order valence-corrected chi connectivity index (χ1v) is 15.7. The van der Waals surface area contributed by atoms with Crippen LogP contribution in [-0.4, -0.2) is 28.3 Å². The van der Waals surface area contributed by atoms with E-state index in [0.717, 1.165) is 17.3 Å². The standard InChI is InChI=1S/C32H37N3O.C5H10O2/c1-32(2,3)28-16-13-23(14-17-28)26-15-18-29-27(20-26)21-34-35(29)30(19-22-7-5-4-6-8-22)24-9-11-25(12-10-24)31(33)36;1-3-5(6)7-4-2/h9-18,20-22,30H,4-8,19H2,1-3H3,(H2,33,36);3-4H2,1-2H3. The minimum Gasteiger partial charge on any atom is -0.466 e. The first kappa shape index (κ1) is 32.0. The summed E-state index contributed by atoms with van der Waals surface area (Å²) in [6, 6.07) is 23.5. The van der Waals surface area contributed by atoms with Crippen LogP contribution in [0.4, 0.5) is 0 Å². The number of ether oxygens (including phenoxy) is 1. The number of nitrogens with two attached hydrogens (primary N) is 1. The molecule has 0 aliphatic heterocycles. The lowest BCUT2D eigenvalue weighted by Gasteiger charge is -2.27. The van der Waals surface area contributed by atoms with Crippen molar-refractivity contribution < 1.29 is 14.3 Å². The van der Waals surface area contributed by atoms with Gasteiger partial charge in [0.25, 0.3) is 0 Å². The second-order valence-corrected chi connectivity index (χ2v) is 12.6. The number of carbonyl (C=O) groups is 2. The fourth-order valence-corrected chi connectivity index (χ4v) is 5.89. The van der Waals surface area contributed by atoms with E-state index in [0.29, 0.717) is 24.5 Å². The van der Waals surface area contributed by atoms with Crippen molar-refractivity contribution in [2.45, 2.75) is 91.0 Å². The average Bonchev–Trinajstić information content (AvgIpc) is 3.43. The maximum absolute atomic E-state index is 11.6. The molecule has 0 bridgehead atoms. The topological polar surface area (TPSA) is 87.2 Å². The molecular formula is C37H47N3O3. The number of amides is 1. The Kier molecular flexibility index (Phi) is 10.8. The van der Waals surface area contributed by atoms with Crippen LogP contribution in [0.15, 0.2) is 72.9 Å². The molecule has 1 unspecified atom stereocenters. The summed E-state index contributed by atoms with van der Waals surface area (Å²) in [5, 5.41) is 6.05. The largest absolute Gasteiger partial charge is 0.466 e. The summed E-state index contributed by atoms with van der Waals surface area (Å²) in [6.07, 6.45) is 10.1. The van der Waals surface area contributed by atoms with Crippen LogP contribution in [0.3, 0.4) is 0 Å². The third-order valence-electron chi connectivity index (χ3n) is 8.43. The van der Waals surface area contributed by atoms with Crippen LogP contribution >= 0.6 is 0 Å². The summed E-state index contributed by atoms with van der Waals surface area (Å²) < 4.78 is 6.74. The SMILES string of the molecule is CC(C)(C)c1ccc(-c2ccc3c(cnn3C(CC3CCCCC3)c3ccc(C(N)=O)cc3)c2)cc1.CCOC(=O)CC. The Morgan fingerprint density at radius 1 is 0.930 bits per heavy atom. The summed E-state index contributed by atoms with van der Waals surface area (Å²) >= 11 is 0. The molecule has 1 aliphatic carbocycles. The molecule has 1 aromatic heterocycles. The molecule has 6 heteroatoms. The Morgan fingerprint density at radius 3 is 2.14 bits per heavy atom. The maximum atomic E-state index is 11.6. The van der Waals surface area contributed by atoms with Crippen LogP contribution in [0.1, 0.15) is 107 Å². The van der Waals surface area contributed by atoms with Gasteiger partial charge in [0.15, 0.2) is 0 Å². The quantitative estimate of drug-likeness (QED) is 0.211. The molecule has 1 atom stereocenters. The van der Waals surface area contributed by atoms with Crippen LogP contribution in [0, 0.1) is 5.92 Å². The summed E-state index contributed by atoms with van der Waals surface area (Å²) in [5.41, 5.74) is 12.3. The van der Waals surface area contributed by atoms with Gasteiger partial charge < -0.3 is 10.5 Å². The van der Waals surface area contributed by atoms with Gasteiger partial charge in [0.1, 0.15) is 0 Å². The predicted octanol–water partition coefficient (Wildman–Crippen LogP) is 8.62. The van der Waals surface area contributed by atoms with Gasteiger partial charge in [0.05, 0.1) is 24.4 Å². The van der Waals surface area contributed by atoms with E-state index in [1.54, 1.807) is 13.8 Å². The highest BCUT2D eigenvalue weighted by molar-refractivity contribution is 5.92. The van der Waals surface area contributed by atoms with Crippen molar-refractivity contribution in [3.8, 4) is 11.1 Å². The Hall–Kier alpha value is -3.93. The highest BCUT2D eigenvalue weighted by Gasteiger charge is 2.24. The minimum atomic E-state index is -0.391. The Morgan fingerprint density at radius 2 is 1.58 bits per heavy atom. The van der Waals surface area contributed by atoms with E-state index in [2.05, 4.69) is 72.7 Å². The molecule has 5 rings (SSSR count). The van der Waals surface area contributed by atoms with Crippen molar-refractivity contribution >= 4 is 22.8 Å². The fraction of sp³-hybridized carbons (Fsp3) is 0.432. The summed E-state index contributed by atoms with van der Waals surface area (Å²) in [4.78, 5) is 21.8. The van der Waals surface area contributed by atoms with Crippen LogP contribution < -0.4 is 5.73 Å². The van der Waals surface area contributed by atoms with E-state index in [-0.39, 0.29) is 17.4 Å². The fourth-order valence-electron chi connectivity index (χ4n) is 5.89. The molecule has 1 aliphatic rings. The molecule has 228 valence electrons. The molecule has 6 nitrogen and oxygen atoms in total. The molecule has 1 fully saturated rings. The van der Waals surface area contributed by atoms with Gasteiger partial charge in [-0.3, -0.25) is 14.3 Å². The van der Waals surface area contributed by atoms with E-state index in [9.17, 15) is 9.59 Å². The zero-order valence-corrected chi connectivity index (χ0v) is 26.4. The average molecular weight is 582 g/mol. The number of benzene rings is 3. The van der Waals surface area contributed by atoms with Crippen molar-refractivity contribution in [3.05, 3.63) is 89.6 Å². The van der Waals surface area contributed by atoms with Crippen molar-refractivity contribution in [1.29, 1.82) is 0 Å². The van der Waals surface area contributed by atoms with E-state index in [4.69, 9.17) is 10.8 Å². The lowest BCUT2D eigenvalue weighted by molar-refractivity contribution is -0.142. The lowest BCUT2D eigenvalue weighted by atomic mass is 9.83. The van der Waals surface area contributed by atoms with Crippen LogP contribution in [0.25, 0.3) is 22.0 Å². The molecule has 0 radical (unpaired) electrons. The molecular weight excluding hydrogens is 534 g/mol. The van der Waals surface area contributed by atoms with Gasteiger partial charge in [-0.05, 0) is 71.2 Å². The smallest absolute Gasteiger partial charge is 0.305 e. The number of nitrogens with zero attached hydrogens (tertiary/aromatic N) is 2. The molecule has 1 amide bonds. The van der Waals surface area contributed by atoms with Crippen LogP contribution in [0.5, 0.6) is 0 Å². The van der Waals surface area contributed by atoms with E-state index in [1.165, 1.54) is 54.4 Å². The van der Waals surface area contributed by atoms with E-state index < -0.39 is 5.91 Å². The Balaban J connectivity index is 0.000000541. The number of primary amides is 1. The summed E-state index contributed by atoms with van der Waals surface area (Å²) in [6.45, 7) is 10.8. The van der Waals surface area contributed by atoms with Gasteiger partial charge in [-0.1, -0.05) is 102 Å².